The highest BCUT2D eigenvalue weighted by Crippen LogP contribution is 2.42. The van der Waals surface area contributed by atoms with Crippen LogP contribution in [0, 0.1) is 0 Å². The molecule has 1 aliphatic rings. The van der Waals surface area contributed by atoms with Crippen LogP contribution in [-0.4, -0.2) is 24.3 Å². The highest BCUT2D eigenvalue weighted by molar-refractivity contribution is 5.76. The zero-order valence-corrected chi connectivity index (χ0v) is 11.4. The zero-order chi connectivity index (χ0) is 14.8. The second kappa shape index (κ2) is 5.46. The van der Waals surface area contributed by atoms with Gasteiger partial charge in [-0.2, -0.15) is 0 Å². The maximum Gasteiger partial charge on any atom is 0.335 e. The highest BCUT2D eigenvalue weighted by atomic mass is 16.6. The van der Waals surface area contributed by atoms with Crippen molar-refractivity contribution in [2.24, 2.45) is 0 Å². The van der Waals surface area contributed by atoms with E-state index in [9.17, 15) is 4.79 Å². The van der Waals surface area contributed by atoms with Crippen LogP contribution in [0.2, 0.25) is 0 Å². The van der Waals surface area contributed by atoms with Crippen molar-refractivity contribution in [3.63, 3.8) is 0 Å². The molecule has 0 unspecified atom stereocenters. The van der Waals surface area contributed by atoms with Crippen LogP contribution in [0.15, 0.2) is 48.5 Å². The van der Waals surface area contributed by atoms with Crippen molar-refractivity contribution in [2.75, 3.05) is 7.11 Å². The third-order valence-corrected chi connectivity index (χ3v) is 3.22. The van der Waals surface area contributed by atoms with Crippen molar-refractivity contribution in [3.8, 4) is 17.2 Å². The Bertz CT molecular complexity index is 653. The first-order chi connectivity index (χ1) is 10.2. The average Bonchev–Trinajstić information content (AvgIpc) is 3.29. The molecule has 1 saturated heterocycles. The maximum absolute atomic E-state index is 10.9. The van der Waals surface area contributed by atoms with Crippen LogP contribution in [0.1, 0.15) is 11.7 Å². The Kier molecular flexibility index (Phi) is 3.50. The zero-order valence-electron chi connectivity index (χ0n) is 11.4. The number of rotatable bonds is 5. The van der Waals surface area contributed by atoms with Crippen molar-refractivity contribution in [3.05, 3.63) is 54.1 Å². The van der Waals surface area contributed by atoms with E-state index < -0.39 is 18.2 Å². The molecule has 0 aliphatic carbocycles. The molecule has 2 atom stereocenters. The second-order valence-corrected chi connectivity index (χ2v) is 4.64. The summed E-state index contributed by atoms with van der Waals surface area (Å²) >= 11 is 0. The SMILES string of the molecule is COc1ccc([C@@H]2O[C@@H]2C(=O)O)cc1Oc1ccccc1. The average molecular weight is 286 g/mol. The standard InChI is InChI=1S/C16H14O5/c1-19-12-8-7-10(14-15(21-14)16(17)18)9-13(12)20-11-5-3-2-4-6-11/h2-9,14-15H,1H3,(H,17,18)/t14-,15-/m0/s1. The number of epoxide rings is 1. The van der Waals surface area contributed by atoms with E-state index in [-0.39, 0.29) is 0 Å². The summed E-state index contributed by atoms with van der Waals surface area (Å²) in [6, 6.07) is 14.6. The molecule has 3 rings (SSSR count). The molecular formula is C16H14O5. The summed E-state index contributed by atoms with van der Waals surface area (Å²) in [4.78, 5) is 10.9. The molecule has 0 spiro atoms. The van der Waals surface area contributed by atoms with E-state index in [0.29, 0.717) is 17.2 Å². The largest absolute Gasteiger partial charge is 0.493 e. The molecule has 0 saturated carbocycles. The molecule has 5 heteroatoms. The lowest BCUT2D eigenvalue weighted by atomic mass is 10.1. The number of hydrogen-bond donors (Lipinski definition) is 1. The maximum atomic E-state index is 10.9. The van der Waals surface area contributed by atoms with E-state index >= 15 is 0 Å². The van der Waals surface area contributed by atoms with E-state index in [4.69, 9.17) is 19.3 Å². The van der Waals surface area contributed by atoms with E-state index in [1.54, 1.807) is 25.3 Å². The predicted molar refractivity (Wildman–Crippen MR) is 74.8 cm³/mol. The Morgan fingerprint density at radius 3 is 2.52 bits per heavy atom. The second-order valence-electron chi connectivity index (χ2n) is 4.64. The van der Waals surface area contributed by atoms with Crippen LogP contribution in [0.4, 0.5) is 0 Å². The summed E-state index contributed by atoms with van der Waals surface area (Å²) in [6.07, 6.45) is -1.20. The van der Waals surface area contributed by atoms with Gasteiger partial charge in [-0.15, -0.1) is 0 Å². The Labute approximate surface area is 121 Å². The molecule has 2 aromatic rings. The molecule has 0 radical (unpaired) electrons. The summed E-state index contributed by atoms with van der Waals surface area (Å²) in [5, 5.41) is 8.91. The van der Waals surface area contributed by atoms with Crippen LogP contribution >= 0.6 is 0 Å². The Morgan fingerprint density at radius 1 is 1.14 bits per heavy atom. The minimum absolute atomic E-state index is 0.425. The van der Waals surface area contributed by atoms with Crippen molar-refractivity contribution in [2.45, 2.75) is 12.2 Å². The molecule has 0 aromatic heterocycles. The van der Waals surface area contributed by atoms with Gasteiger partial charge in [0, 0.05) is 0 Å². The molecule has 21 heavy (non-hydrogen) atoms. The summed E-state index contributed by atoms with van der Waals surface area (Å²) in [7, 11) is 1.56. The van der Waals surface area contributed by atoms with Gasteiger partial charge in [-0.3, -0.25) is 0 Å². The summed E-state index contributed by atoms with van der Waals surface area (Å²) in [5.74, 6) is 0.830. The summed E-state index contributed by atoms with van der Waals surface area (Å²) in [5.41, 5.74) is 0.758. The highest BCUT2D eigenvalue weighted by Gasteiger charge is 2.46. The van der Waals surface area contributed by atoms with Gasteiger partial charge >= 0.3 is 5.97 Å². The number of aliphatic carboxylic acids is 1. The lowest BCUT2D eigenvalue weighted by Crippen LogP contribution is -2.05. The molecule has 108 valence electrons. The first-order valence-corrected chi connectivity index (χ1v) is 6.48. The van der Waals surface area contributed by atoms with Gasteiger partial charge in [-0.05, 0) is 29.8 Å². The van der Waals surface area contributed by atoms with Gasteiger partial charge in [-0.25, -0.2) is 4.79 Å². The van der Waals surface area contributed by atoms with Gasteiger partial charge in [0.05, 0.1) is 7.11 Å². The number of hydrogen-bond acceptors (Lipinski definition) is 4. The van der Waals surface area contributed by atoms with E-state index in [0.717, 1.165) is 5.56 Å². The van der Waals surface area contributed by atoms with Crippen LogP contribution in [0.3, 0.4) is 0 Å². The van der Waals surface area contributed by atoms with Gasteiger partial charge in [-0.1, -0.05) is 24.3 Å². The summed E-state index contributed by atoms with van der Waals surface area (Å²) in [6.45, 7) is 0. The number of carboxylic acid groups (broad SMARTS) is 1. The third-order valence-electron chi connectivity index (χ3n) is 3.22. The van der Waals surface area contributed by atoms with Gasteiger partial charge in [0.2, 0.25) is 0 Å². The third kappa shape index (κ3) is 2.83. The first kappa shape index (κ1) is 13.5. The summed E-state index contributed by atoms with van der Waals surface area (Å²) < 4.78 is 16.2. The van der Waals surface area contributed by atoms with Crippen molar-refractivity contribution in [1.82, 2.24) is 0 Å². The molecule has 0 amide bonds. The van der Waals surface area contributed by atoms with Crippen molar-refractivity contribution >= 4 is 5.97 Å². The first-order valence-electron chi connectivity index (χ1n) is 6.48. The van der Waals surface area contributed by atoms with Gasteiger partial charge in [0.1, 0.15) is 11.9 Å². The molecule has 1 fully saturated rings. The monoisotopic (exact) mass is 286 g/mol. The van der Waals surface area contributed by atoms with E-state index in [1.165, 1.54) is 0 Å². The number of ether oxygens (including phenoxy) is 3. The normalized spacial score (nSPS) is 19.9. The molecular weight excluding hydrogens is 272 g/mol. The van der Waals surface area contributed by atoms with Gasteiger partial charge < -0.3 is 19.3 Å². The fourth-order valence-corrected chi connectivity index (χ4v) is 2.12. The minimum Gasteiger partial charge on any atom is -0.493 e. The quantitative estimate of drug-likeness (QED) is 0.856. The smallest absolute Gasteiger partial charge is 0.335 e. The van der Waals surface area contributed by atoms with E-state index in [1.807, 2.05) is 30.3 Å². The van der Waals surface area contributed by atoms with Gasteiger partial charge in [0.15, 0.2) is 17.6 Å². The topological polar surface area (TPSA) is 68.3 Å². The Balaban J connectivity index is 1.86. The van der Waals surface area contributed by atoms with Crippen molar-refractivity contribution in [1.29, 1.82) is 0 Å². The van der Waals surface area contributed by atoms with Crippen LogP contribution in [0.5, 0.6) is 17.2 Å². The van der Waals surface area contributed by atoms with Crippen LogP contribution in [0.25, 0.3) is 0 Å². The molecule has 0 bridgehead atoms. The predicted octanol–water partition coefficient (Wildman–Crippen LogP) is 3.01. The molecule has 1 heterocycles. The van der Waals surface area contributed by atoms with Gasteiger partial charge in [0.25, 0.3) is 0 Å². The molecule has 2 aromatic carbocycles. The fraction of sp³-hybridized carbons (Fsp3) is 0.188. The molecule has 1 N–H and O–H groups in total. The number of para-hydroxylation sites is 1. The fourth-order valence-electron chi connectivity index (χ4n) is 2.12. The number of methoxy groups -OCH3 is 1. The number of carboxylic acids is 1. The molecule has 5 nitrogen and oxygen atoms in total. The lowest BCUT2D eigenvalue weighted by Gasteiger charge is -2.11. The van der Waals surface area contributed by atoms with E-state index in [2.05, 4.69) is 0 Å². The lowest BCUT2D eigenvalue weighted by molar-refractivity contribution is -0.138. The number of carbonyl (C=O) groups is 1. The minimum atomic E-state index is -0.957. The van der Waals surface area contributed by atoms with Crippen LogP contribution in [-0.2, 0) is 9.53 Å². The Hall–Kier alpha value is -2.53. The number of benzene rings is 2. The molecule has 1 aliphatic heterocycles. The Morgan fingerprint density at radius 2 is 1.90 bits per heavy atom. The van der Waals surface area contributed by atoms with Crippen molar-refractivity contribution < 1.29 is 24.1 Å². The van der Waals surface area contributed by atoms with Crippen LogP contribution < -0.4 is 9.47 Å².